The number of aliphatic hydroxyl groups is 1. The lowest BCUT2D eigenvalue weighted by Gasteiger charge is -2.29. The van der Waals surface area contributed by atoms with Crippen molar-refractivity contribution in [1.82, 2.24) is 14.5 Å². The van der Waals surface area contributed by atoms with Crippen LogP contribution < -0.4 is 5.56 Å². The van der Waals surface area contributed by atoms with Gasteiger partial charge in [-0.05, 0) is 31.5 Å². The molecule has 0 bridgehead atoms. The quantitative estimate of drug-likeness (QED) is 0.934. The molecule has 2 aromatic rings. The zero-order valence-electron chi connectivity index (χ0n) is 11.7. The number of rotatable bonds is 3. The first-order valence-electron chi connectivity index (χ1n) is 7.19. The molecule has 1 aliphatic heterocycles. The fourth-order valence-corrected chi connectivity index (χ4v) is 3.05. The summed E-state index contributed by atoms with van der Waals surface area (Å²) >= 11 is 6.11. The molecule has 0 amide bonds. The van der Waals surface area contributed by atoms with Crippen molar-refractivity contribution >= 4 is 22.5 Å². The Morgan fingerprint density at radius 1 is 1.38 bits per heavy atom. The minimum atomic E-state index is -0.250. The summed E-state index contributed by atoms with van der Waals surface area (Å²) in [5, 5.41) is 10.6. The largest absolute Gasteiger partial charge is 0.392 e. The van der Waals surface area contributed by atoms with E-state index < -0.39 is 0 Å². The molecule has 2 heterocycles. The molecule has 1 aliphatic rings. The predicted molar refractivity (Wildman–Crippen MR) is 82.7 cm³/mol. The van der Waals surface area contributed by atoms with Crippen LogP contribution in [0.5, 0.6) is 0 Å². The lowest BCUT2D eigenvalue weighted by molar-refractivity contribution is 0.0687. The number of halogens is 1. The van der Waals surface area contributed by atoms with E-state index in [1.165, 1.54) is 0 Å². The highest BCUT2D eigenvalue weighted by atomic mass is 35.5. The molecular formula is C15H18ClN3O2. The van der Waals surface area contributed by atoms with Gasteiger partial charge in [-0.1, -0.05) is 17.7 Å². The molecule has 1 atom stereocenters. The van der Waals surface area contributed by atoms with E-state index in [9.17, 15) is 9.90 Å². The first kappa shape index (κ1) is 14.5. The van der Waals surface area contributed by atoms with Crippen molar-refractivity contribution in [1.29, 1.82) is 0 Å². The Hall–Kier alpha value is -1.43. The van der Waals surface area contributed by atoms with Crippen LogP contribution in [-0.4, -0.2) is 45.3 Å². The highest BCUT2D eigenvalue weighted by Gasteiger charge is 2.17. The highest BCUT2D eigenvalue weighted by molar-refractivity contribution is 6.35. The number of piperidine rings is 1. The molecule has 6 heteroatoms. The second-order valence-electron chi connectivity index (χ2n) is 5.47. The van der Waals surface area contributed by atoms with Gasteiger partial charge in [0.15, 0.2) is 0 Å². The normalized spacial score (nSPS) is 20.0. The van der Waals surface area contributed by atoms with E-state index in [1.807, 2.05) is 0 Å². The van der Waals surface area contributed by atoms with E-state index in [0.717, 1.165) is 25.9 Å². The maximum atomic E-state index is 12.5. The van der Waals surface area contributed by atoms with Crippen LogP contribution in [0.25, 0.3) is 10.9 Å². The van der Waals surface area contributed by atoms with Gasteiger partial charge in [0, 0.05) is 19.6 Å². The maximum Gasteiger partial charge on any atom is 0.262 e. The second-order valence-corrected chi connectivity index (χ2v) is 5.88. The van der Waals surface area contributed by atoms with E-state index in [4.69, 9.17) is 11.6 Å². The molecule has 3 rings (SSSR count). The zero-order chi connectivity index (χ0) is 14.8. The van der Waals surface area contributed by atoms with Gasteiger partial charge in [-0.25, -0.2) is 4.98 Å². The van der Waals surface area contributed by atoms with Crippen molar-refractivity contribution in [2.45, 2.75) is 25.5 Å². The number of nitrogens with zero attached hydrogens (tertiary/aromatic N) is 3. The Morgan fingerprint density at radius 2 is 2.24 bits per heavy atom. The SMILES string of the molecule is O=c1c2c(Cl)cccc2ncn1CCN1CCC[C@@H](O)C1. The van der Waals surface area contributed by atoms with Gasteiger partial charge >= 0.3 is 0 Å². The number of fused-ring (bicyclic) bond motifs is 1. The molecule has 0 radical (unpaired) electrons. The summed E-state index contributed by atoms with van der Waals surface area (Å²) in [6.45, 7) is 2.93. The van der Waals surface area contributed by atoms with Gasteiger partial charge in [0.2, 0.25) is 0 Å². The average molecular weight is 308 g/mol. The fourth-order valence-electron chi connectivity index (χ4n) is 2.80. The molecule has 1 aromatic carbocycles. The molecular weight excluding hydrogens is 290 g/mol. The number of β-amino-alcohol motifs (C(OH)–C–C–N with tert-alkyl or cyclic N) is 1. The number of aromatic nitrogens is 2. The highest BCUT2D eigenvalue weighted by Crippen LogP contribution is 2.17. The molecule has 0 unspecified atom stereocenters. The number of hydrogen-bond donors (Lipinski definition) is 1. The number of likely N-dealkylation sites (tertiary alicyclic amines) is 1. The first-order valence-corrected chi connectivity index (χ1v) is 7.57. The fraction of sp³-hybridized carbons (Fsp3) is 0.467. The molecule has 1 saturated heterocycles. The van der Waals surface area contributed by atoms with Gasteiger partial charge in [0.25, 0.3) is 5.56 Å². The molecule has 1 fully saturated rings. The Labute approximate surface area is 127 Å². The molecule has 112 valence electrons. The topological polar surface area (TPSA) is 58.4 Å². The van der Waals surface area contributed by atoms with E-state index in [2.05, 4.69) is 9.88 Å². The van der Waals surface area contributed by atoms with Crippen LogP contribution in [0.1, 0.15) is 12.8 Å². The standard InChI is InChI=1S/C15H18ClN3O2/c16-12-4-1-5-13-14(12)15(21)19(10-17-13)8-7-18-6-2-3-11(20)9-18/h1,4-5,10-11,20H,2-3,6-9H2/t11-/m1/s1. The third-order valence-corrected chi connectivity index (χ3v) is 4.26. The van der Waals surface area contributed by atoms with Crippen molar-refractivity contribution in [2.24, 2.45) is 0 Å². The van der Waals surface area contributed by atoms with E-state index in [-0.39, 0.29) is 11.7 Å². The number of hydrogen-bond acceptors (Lipinski definition) is 4. The molecule has 21 heavy (non-hydrogen) atoms. The van der Waals surface area contributed by atoms with Crippen LogP contribution >= 0.6 is 11.6 Å². The van der Waals surface area contributed by atoms with Crippen molar-refractivity contribution < 1.29 is 5.11 Å². The Morgan fingerprint density at radius 3 is 3.05 bits per heavy atom. The molecule has 0 spiro atoms. The van der Waals surface area contributed by atoms with E-state index in [1.54, 1.807) is 29.1 Å². The van der Waals surface area contributed by atoms with Crippen LogP contribution in [0.3, 0.4) is 0 Å². The minimum Gasteiger partial charge on any atom is -0.392 e. The molecule has 5 nitrogen and oxygen atoms in total. The van der Waals surface area contributed by atoms with Gasteiger partial charge in [-0.15, -0.1) is 0 Å². The lowest BCUT2D eigenvalue weighted by Crippen LogP contribution is -2.40. The molecule has 0 saturated carbocycles. The van der Waals surface area contributed by atoms with Gasteiger partial charge < -0.3 is 5.11 Å². The molecule has 1 N–H and O–H groups in total. The minimum absolute atomic E-state index is 0.108. The van der Waals surface area contributed by atoms with Crippen molar-refractivity contribution in [2.75, 3.05) is 19.6 Å². The Bertz CT molecular complexity index is 701. The molecule has 0 aliphatic carbocycles. The molecule has 1 aromatic heterocycles. The summed E-state index contributed by atoms with van der Waals surface area (Å²) in [4.78, 5) is 18.9. The summed E-state index contributed by atoms with van der Waals surface area (Å²) in [5.74, 6) is 0. The van der Waals surface area contributed by atoms with Gasteiger partial charge in [0.05, 0.1) is 28.4 Å². The lowest BCUT2D eigenvalue weighted by atomic mass is 10.1. The summed E-state index contributed by atoms with van der Waals surface area (Å²) in [6, 6.07) is 5.28. The van der Waals surface area contributed by atoms with Crippen LogP contribution in [0.2, 0.25) is 5.02 Å². The van der Waals surface area contributed by atoms with E-state index in [0.29, 0.717) is 29.0 Å². The summed E-state index contributed by atoms with van der Waals surface area (Å²) < 4.78 is 1.59. The van der Waals surface area contributed by atoms with Crippen LogP contribution in [0, 0.1) is 0 Å². The van der Waals surface area contributed by atoms with Gasteiger partial charge in [-0.3, -0.25) is 14.3 Å². The first-order chi connectivity index (χ1) is 10.1. The Kier molecular flexibility index (Phi) is 4.24. The second kappa shape index (κ2) is 6.13. The number of benzene rings is 1. The van der Waals surface area contributed by atoms with Gasteiger partial charge in [-0.2, -0.15) is 0 Å². The van der Waals surface area contributed by atoms with Gasteiger partial charge in [0.1, 0.15) is 0 Å². The predicted octanol–water partition coefficient (Wildman–Crippen LogP) is 1.51. The van der Waals surface area contributed by atoms with Crippen LogP contribution in [0.4, 0.5) is 0 Å². The Balaban J connectivity index is 1.80. The third kappa shape index (κ3) is 3.10. The van der Waals surface area contributed by atoms with Crippen LogP contribution in [0.15, 0.2) is 29.3 Å². The van der Waals surface area contributed by atoms with Crippen LogP contribution in [-0.2, 0) is 6.54 Å². The van der Waals surface area contributed by atoms with Crippen molar-refractivity contribution in [3.8, 4) is 0 Å². The monoisotopic (exact) mass is 307 g/mol. The van der Waals surface area contributed by atoms with Crippen molar-refractivity contribution in [3.63, 3.8) is 0 Å². The summed E-state index contributed by atoms with van der Waals surface area (Å²) in [5.41, 5.74) is 0.514. The average Bonchev–Trinajstić information content (AvgIpc) is 2.47. The van der Waals surface area contributed by atoms with Crippen molar-refractivity contribution in [3.05, 3.63) is 39.9 Å². The number of aliphatic hydroxyl groups excluding tert-OH is 1. The van der Waals surface area contributed by atoms with E-state index >= 15 is 0 Å². The summed E-state index contributed by atoms with van der Waals surface area (Å²) in [6.07, 6.45) is 3.18. The summed E-state index contributed by atoms with van der Waals surface area (Å²) in [7, 11) is 0. The smallest absolute Gasteiger partial charge is 0.262 e. The maximum absolute atomic E-state index is 12.5. The zero-order valence-corrected chi connectivity index (χ0v) is 12.5. The third-order valence-electron chi connectivity index (χ3n) is 3.94.